The third kappa shape index (κ3) is 5.01. The molecule has 1 heterocycles. The van der Waals surface area contributed by atoms with Crippen LogP contribution in [0.4, 0.5) is 0 Å². The molecule has 0 saturated heterocycles. The normalized spacial score (nSPS) is 12.8. The Kier molecular flexibility index (Phi) is 7.13. The maximum absolute atomic E-state index is 11.1. The van der Waals surface area contributed by atoms with Gasteiger partial charge in [0.1, 0.15) is 11.9 Å². The van der Waals surface area contributed by atoms with Crippen LogP contribution in [0.1, 0.15) is 68.9 Å². The number of carboxylic acid groups (broad SMARTS) is 1. The summed E-state index contributed by atoms with van der Waals surface area (Å²) in [5.74, 6) is 5.33. The Labute approximate surface area is 177 Å². The number of nitrogens with zero attached hydrogens (tertiary/aromatic N) is 1. The van der Waals surface area contributed by atoms with Crippen molar-refractivity contribution >= 4 is 16.9 Å². The van der Waals surface area contributed by atoms with Crippen LogP contribution in [-0.2, 0) is 11.2 Å². The van der Waals surface area contributed by atoms with Crippen molar-refractivity contribution in [1.29, 1.82) is 0 Å². The molecule has 5 heteroatoms. The van der Waals surface area contributed by atoms with Crippen LogP contribution in [0.2, 0.25) is 0 Å². The van der Waals surface area contributed by atoms with E-state index in [-0.39, 0.29) is 18.4 Å². The molecular formula is C25H28N2O3. The molecule has 5 nitrogen and oxygen atoms in total. The number of rotatable bonds is 9. The minimum atomic E-state index is -0.859. The molecule has 30 heavy (non-hydrogen) atoms. The van der Waals surface area contributed by atoms with E-state index < -0.39 is 5.97 Å². The Morgan fingerprint density at radius 2 is 2.00 bits per heavy atom. The highest BCUT2D eigenvalue weighted by molar-refractivity contribution is 5.84. The highest BCUT2D eigenvalue weighted by atomic mass is 16.5. The molecule has 3 aromatic rings. The molecule has 0 aliphatic heterocycles. The van der Waals surface area contributed by atoms with E-state index in [1.165, 1.54) is 5.69 Å². The highest BCUT2D eigenvalue weighted by Gasteiger charge is 2.16. The van der Waals surface area contributed by atoms with E-state index in [4.69, 9.17) is 9.84 Å². The zero-order valence-corrected chi connectivity index (χ0v) is 17.7. The SMILES string of the molecule is CC#CC(CC(=O)O)c1ccc(O[C@@H](C)c2cccc3c(CCCC)[nH]nc23)cc1. The number of fused-ring (bicyclic) bond motifs is 1. The standard InChI is InChI=1S/C25H28N2O3/c1-4-6-11-23-22-10-7-9-21(25(22)27-26-23)17(3)30-20-14-12-18(13-15-20)19(8-5-2)16-24(28)29/h7,9-10,12-15,17,19H,4,6,11,16H2,1-3H3,(H,26,27)(H,28,29)/t17-,19?/m0/s1. The summed E-state index contributed by atoms with van der Waals surface area (Å²) in [6, 6.07) is 13.7. The summed E-state index contributed by atoms with van der Waals surface area (Å²) in [7, 11) is 0. The van der Waals surface area contributed by atoms with Crippen molar-refractivity contribution in [3.63, 3.8) is 0 Å². The minimum Gasteiger partial charge on any atom is -0.486 e. The molecule has 0 aliphatic rings. The van der Waals surface area contributed by atoms with Crippen molar-refractivity contribution in [1.82, 2.24) is 10.2 Å². The Morgan fingerprint density at radius 3 is 2.67 bits per heavy atom. The van der Waals surface area contributed by atoms with Gasteiger partial charge in [-0.2, -0.15) is 5.10 Å². The fourth-order valence-corrected chi connectivity index (χ4v) is 3.63. The molecule has 0 amide bonds. The molecule has 156 valence electrons. The maximum atomic E-state index is 11.1. The van der Waals surface area contributed by atoms with Gasteiger partial charge in [0.25, 0.3) is 0 Å². The number of carboxylic acids is 1. The Morgan fingerprint density at radius 1 is 1.23 bits per heavy atom. The van der Waals surface area contributed by atoms with Gasteiger partial charge in [0.2, 0.25) is 0 Å². The second-order valence-corrected chi connectivity index (χ2v) is 7.42. The second-order valence-electron chi connectivity index (χ2n) is 7.42. The van der Waals surface area contributed by atoms with Gasteiger partial charge < -0.3 is 9.84 Å². The fourth-order valence-electron chi connectivity index (χ4n) is 3.63. The zero-order chi connectivity index (χ0) is 21.5. The van der Waals surface area contributed by atoms with E-state index in [1.54, 1.807) is 6.92 Å². The molecule has 2 N–H and O–H groups in total. The largest absolute Gasteiger partial charge is 0.486 e. The molecule has 0 radical (unpaired) electrons. The van der Waals surface area contributed by atoms with Gasteiger partial charge in [-0.25, -0.2) is 0 Å². The number of unbranched alkanes of at least 4 members (excludes halogenated alkanes) is 1. The molecule has 1 aromatic heterocycles. The van der Waals surface area contributed by atoms with E-state index in [0.717, 1.165) is 47.0 Å². The Hall–Kier alpha value is -3.26. The van der Waals surface area contributed by atoms with Gasteiger partial charge >= 0.3 is 5.97 Å². The van der Waals surface area contributed by atoms with Crippen LogP contribution in [0.25, 0.3) is 10.9 Å². The molecule has 0 spiro atoms. The van der Waals surface area contributed by atoms with Crippen molar-refractivity contribution in [3.05, 3.63) is 59.3 Å². The number of benzene rings is 2. The summed E-state index contributed by atoms with van der Waals surface area (Å²) in [5, 5.41) is 18.0. The number of ether oxygens (including phenoxy) is 1. The number of aromatic amines is 1. The maximum Gasteiger partial charge on any atom is 0.304 e. The van der Waals surface area contributed by atoms with E-state index >= 15 is 0 Å². The quantitative estimate of drug-likeness (QED) is 0.453. The van der Waals surface area contributed by atoms with Crippen LogP contribution < -0.4 is 4.74 Å². The summed E-state index contributed by atoms with van der Waals surface area (Å²) < 4.78 is 6.17. The molecule has 2 aromatic carbocycles. The molecule has 0 fully saturated rings. The van der Waals surface area contributed by atoms with Gasteiger partial charge in [-0.05, 0) is 44.4 Å². The minimum absolute atomic E-state index is 0.0149. The van der Waals surface area contributed by atoms with E-state index in [1.807, 2.05) is 43.3 Å². The predicted octanol–water partition coefficient (Wildman–Crippen LogP) is 5.63. The number of nitrogens with one attached hydrogen (secondary N) is 1. The number of carbonyl (C=O) groups is 1. The van der Waals surface area contributed by atoms with Crippen molar-refractivity contribution in [3.8, 4) is 17.6 Å². The lowest BCUT2D eigenvalue weighted by atomic mass is 9.96. The number of hydrogen-bond donors (Lipinski definition) is 2. The lowest BCUT2D eigenvalue weighted by Gasteiger charge is -2.16. The Balaban J connectivity index is 1.77. The van der Waals surface area contributed by atoms with Crippen LogP contribution >= 0.6 is 0 Å². The van der Waals surface area contributed by atoms with E-state index in [2.05, 4.69) is 35.0 Å². The second kappa shape index (κ2) is 9.98. The number of aryl methyl sites for hydroxylation is 1. The molecule has 1 unspecified atom stereocenters. The van der Waals surface area contributed by atoms with Crippen molar-refractivity contribution in [2.45, 2.75) is 58.5 Å². The van der Waals surface area contributed by atoms with Crippen molar-refractivity contribution in [2.75, 3.05) is 0 Å². The van der Waals surface area contributed by atoms with Gasteiger partial charge in [0.05, 0.1) is 17.9 Å². The van der Waals surface area contributed by atoms with Crippen LogP contribution in [0.15, 0.2) is 42.5 Å². The number of aromatic nitrogens is 2. The van der Waals surface area contributed by atoms with E-state index in [9.17, 15) is 4.79 Å². The smallest absolute Gasteiger partial charge is 0.304 e. The molecule has 0 saturated carbocycles. The summed E-state index contributed by atoms with van der Waals surface area (Å²) in [4.78, 5) is 11.1. The summed E-state index contributed by atoms with van der Waals surface area (Å²) in [5.41, 5.74) is 4.04. The highest BCUT2D eigenvalue weighted by Crippen LogP contribution is 2.30. The monoisotopic (exact) mass is 404 g/mol. The van der Waals surface area contributed by atoms with Crippen LogP contribution in [0, 0.1) is 11.8 Å². The van der Waals surface area contributed by atoms with Crippen molar-refractivity contribution < 1.29 is 14.6 Å². The summed E-state index contributed by atoms with van der Waals surface area (Å²) >= 11 is 0. The summed E-state index contributed by atoms with van der Waals surface area (Å²) in [6.45, 7) is 5.92. The number of aliphatic carboxylic acids is 1. The number of para-hydroxylation sites is 1. The third-order valence-electron chi connectivity index (χ3n) is 5.21. The first-order valence-corrected chi connectivity index (χ1v) is 10.4. The van der Waals surface area contributed by atoms with Gasteiger partial charge in [0, 0.05) is 16.6 Å². The van der Waals surface area contributed by atoms with Crippen LogP contribution in [-0.4, -0.2) is 21.3 Å². The van der Waals surface area contributed by atoms with Gasteiger partial charge in [-0.15, -0.1) is 5.92 Å². The average Bonchev–Trinajstić information content (AvgIpc) is 3.15. The Bertz CT molecular complexity index is 1060. The third-order valence-corrected chi connectivity index (χ3v) is 5.21. The first-order valence-electron chi connectivity index (χ1n) is 10.4. The molecular weight excluding hydrogens is 376 g/mol. The van der Waals surface area contributed by atoms with Gasteiger partial charge in [-0.3, -0.25) is 9.89 Å². The molecule has 3 rings (SSSR count). The molecule has 2 atom stereocenters. The zero-order valence-electron chi connectivity index (χ0n) is 17.7. The van der Waals surface area contributed by atoms with Crippen molar-refractivity contribution in [2.24, 2.45) is 0 Å². The fraction of sp³-hybridized carbons (Fsp3) is 0.360. The van der Waals surface area contributed by atoms with Gasteiger partial charge in [-0.1, -0.05) is 49.6 Å². The van der Waals surface area contributed by atoms with E-state index in [0.29, 0.717) is 0 Å². The first-order chi connectivity index (χ1) is 14.5. The van der Waals surface area contributed by atoms with Crippen LogP contribution in [0.5, 0.6) is 5.75 Å². The first kappa shape index (κ1) is 21.4. The predicted molar refractivity (Wildman–Crippen MR) is 119 cm³/mol. The molecule has 0 bridgehead atoms. The number of H-pyrrole nitrogens is 1. The summed E-state index contributed by atoms with van der Waals surface area (Å²) in [6.07, 6.45) is 3.08. The molecule has 0 aliphatic carbocycles. The average molecular weight is 405 g/mol. The lowest BCUT2D eigenvalue weighted by Crippen LogP contribution is -2.06. The van der Waals surface area contributed by atoms with Gasteiger partial charge in [0.15, 0.2) is 0 Å². The van der Waals surface area contributed by atoms with Crippen LogP contribution in [0.3, 0.4) is 0 Å². The lowest BCUT2D eigenvalue weighted by molar-refractivity contribution is -0.137. The number of hydrogen-bond acceptors (Lipinski definition) is 3. The topological polar surface area (TPSA) is 75.2 Å².